The predicted molar refractivity (Wildman–Crippen MR) is 68.6 cm³/mol. The number of aliphatic carboxylic acids is 1. The Balaban J connectivity index is 2.21. The summed E-state index contributed by atoms with van der Waals surface area (Å²) in [6.07, 6.45) is 5.61. The third-order valence-corrected chi connectivity index (χ3v) is 3.69. The lowest BCUT2D eigenvalue weighted by Crippen LogP contribution is -2.35. The molecule has 1 N–H and O–H groups in total. The number of anilines is 1. The van der Waals surface area contributed by atoms with Crippen LogP contribution >= 0.6 is 0 Å². The standard InChI is InChI=1S/C13H19N3O2/c1-3-4-13(12(17)18)5-8-16(9-13)11-10(2)14-6-7-15-11/h6-7H,3-5,8-9H2,1-2H3,(H,17,18). The topological polar surface area (TPSA) is 66.3 Å². The fourth-order valence-electron chi connectivity index (χ4n) is 2.73. The normalized spacial score (nSPS) is 23.3. The van der Waals surface area contributed by atoms with Crippen LogP contribution in [-0.2, 0) is 4.79 Å². The Hall–Kier alpha value is -1.65. The first kappa shape index (κ1) is 12.8. The molecular weight excluding hydrogens is 230 g/mol. The zero-order valence-electron chi connectivity index (χ0n) is 10.9. The molecule has 0 saturated carbocycles. The monoisotopic (exact) mass is 249 g/mol. The molecule has 98 valence electrons. The Labute approximate surface area is 107 Å². The zero-order chi connectivity index (χ0) is 13.2. The fraction of sp³-hybridized carbons (Fsp3) is 0.615. The molecule has 1 unspecified atom stereocenters. The van der Waals surface area contributed by atoms with Crippen LogP contribution in [0.3, 0.4) is 0 Å². The number of aryl methyl sites for hydroxylation is 1. The van der Waals surface area contributed by atoms with Gasteiger partial charge in [0.1, 0.15) is 5.82 Å². The molecule has 1 aliphatic heterocycles. The summed E-state index contributed by atoms with van der Waals surface area (Å²) < 4.78 is 0. The number of carboxylic acids is 1. The maximum absolute atomic E-state index is 11.5. The average Bonchev–Trinajstić information content (AvgIpc) is 2.76. The van der Waals surface area contributed by atoms with Crippen molar-refractivity contribution in [3.8, 4) is 0 Å². The molecule has 1 atom stereocenters. The molecule has 18 heavy (non-hydrogen) atoms. The van der Waals surface area contributed by atoms with Gasteiger partial charge in [-0.1, -0.05) is 13.3 Å². The van der Waals surface area contributed by atoms with E-state index in [1.54, 1.807) is 12.4 Å². The van der Waals surface area contributed by atoms with Crippen LogP contribution in [0.4, 0.5) is 5.82 Å². The first-order valence-electron chi connectivity index (χ1n) is 6.35. The van der Waals surface area contributed by atoms with E-state index in [-0.39, 0.29) is 0 Å². The molecule has 0 bridgehead atoms. The molecule has 1 saturated heterocycles. The molecule has 0 radical (unpaired) electrons. The van der Waals surface area contributed by atoms with Crippen molar-refractivity contribution in [3.63, 3.8) is 0 Å². The van der Waals surface area contributed by atoms with Crippen molar-refractivity contribution in [1.82, 2.24) is 9.97 Å². The number of nitrogens with zero attached hydrogens (tertiary/aromatic N) is 3. The van der Waals surface area contributed by atoms with Crippen LogP contribution in [0.5, 0.6) is 0 Å². The second-order valence-electron chi connectivity index (χ2n) is 4.97. The highest BCUT2D eigenvalue weighted by molar-refractivity contribution is 5.76. The highest BCUT2D eigenvalue weighted by Gasteiger charge is 2.44. The number of carboxylic acid groups (broad SMARTS) is 1. The van der Waals surface area contributed by atoms with Crippen molar-refractivity contribution in [2.45, 2.75) is 33.1 Å². The van der Waals surface area contributed by atoms with Gasteiger partial charge in [-0.25, -0.2) is 4.98 Å². The lowest BCUT2D eigenvalue weighted by Gasteiger charge is -2.25. The van der Waals surface area contributed by atoms with E-state index in [9.17, 15) is 9.90 Å². The molecule has 1 fully saturated rings. The molecule has 0 aromatic carbocycles. The van der Waals surface area contributed by atoms with Crippen molar-refractivity contribution in [2.24, 2.45) is 5.41 Å². The summed E-state index contributed by atoms with van der Waals surface area (Å²) in [5.74, 6) is 0.130. The van der Waals surface area contributed by atoms with Crippen LogP contribution in [0, 0.1) is 12.3 Å². The summed E-state index contributed by atoms with van der Waals surface area (Å²) >= 11 is 0. The fourth-order valence-corrected chi connectivity index (χ4v) is 2.73. The van der Waals surface area contributed by atoms with Gasteiger partial charge in [0, 0.05) is 25.5 Å². The van der Waals surface area contributed by atoms with Crippen LogP contribution in [0.15, 0.2) is 12.4 Å². The first-order valence-corrected chi connectivity index (χ1v) is 6.35. The third-order valence-electron chi connectivity index (χ3n) is 3.69. The molecule has 5 nitrogen and oxygen atoms in total. The number of aromatic nitrogens is 2. The van der Waals surface area contributed by atoms with Crippen LogP contribution in [0.1, 0.15) is 31.9 Å². The van der Waals surface area contributed by atoms with Crippen molar-refractivity contribution in [1.29, 1.82) is 0 Å². The van der Waals surface area contributed by atoms with E-state index < -0.39 is 11.4 Å². The highest BCUT2D eigenvalue weighted by Crippen LogP contribution is 2.37. The first-order chi connectivity index (χ1) is 8.59. The molecule has 0 amide bonds. The van der Waals surface area contributed by atoms with Crippen LogP contribution < -0.4 is 4.90 Å². The molecule has 1 aliphatic rings. The van der Waals surface area contributed by atoms with Gasteiger partial charge in [-0.15, -0.1) is 0 Å². The van der Waals surface area contributed by atoms with Gasteiger partial charge < -0.3 is 10.0 Å². The molecule has 0 aliphatic carbocycles. The van der Waals surface area contributed by atoms with Crippen LogP contribution in [-0.4, -0.2) is 34.1 Å². The van der Waals surface area contributed by atoms with Crippen LogP contribution in [0.25, 0.3) is 0 Å². The molecular formula is C13H19N3O2. The number of carbonyl (C=O) groups is 1. The minimum atomic E-state index is -0.687. The maximum atomic E-state index is 11.5. The van der Waals surface area contributed by atoms with E-state index in [0.717, 1.165) is 30.9 Å². The van der Waals surface area contributed by atoms with E-state index in [4.69, 9.17) is 0 Å². The number of rotatable bonds is 4. The SMILES string of the molecule is CCCC1(C(=O)O)CCN(c2nccnc2C)C1. The molecule has 1 aromatic heterocycles. The lowest BCUT2D eigenvalue weighted by molar-refractivity contribution is -0.148. The predicted octanol–water partition coefficient (Wildman–Crippen LogP) is 1.87. The summed E-state index contributed by atoms with van der Waals surface area (Å²) in [6.45, 7) is 5.21. The van der Waals surface area contributed by atoms with Crippen LogP contribution in [0.2, 0.25) is 0 Å². The number of hydrogen-bond acceptors (Lipinski definition) is 4. The van der Waals surface area contributed by atoms with E-state index >= 15 is 0 Å². The molecule has 1 aromatic rings. The summed E-state index contributed by atoms with van der Waals surface area (Å²) in [5, 5.41) is 9.47. The summed E-state index contributed by atoms with van der Waals surface area (Å²) in [4.78, 5) is 22.1. The lowest BCUT2D eigenvalue weighted by atomic mass is 9.83. The zero-order valence-corrected chi connectivity index (χ0v) is 10.9. The quantitative estimate of drug-likeness (QED) is 0.882. The Bertz CT molecular complexity index is 450. The van der Waals surface area contributed by atoms with Gasteiger partial charge in [-0.3, -0.25) is 9.78 Å². The van der Waals surface area contributed by atoms with Gasteiger partial charge in [0.2, 0.25) is 0 Å². The van der Waals surface area contributed by atoms with Gasteiger partial charge >= 0.3 is 5.97 Å². The highest BCUT2D eigenvalue weighted by atomic mass is 16.4. The summed E-state index contributed by atoms with van der Waals surface area (Å²) in [7, 11) is 0. The second kappa shape index (κ2) is 4.92. The van der Waals surface area contributed by atoms with Gasteiger partial charge in [0.15, 0.2) is 0 Å². The molecule has 2 heterocycles. The van der Waals surface area contributed by atoms with Gasteiger partial charge in [-0.05, 0) is 19.8 Å². The Morgan fingerprint density at radius 1 is 1.50 bits per heavy atom. The van der Waals surface area contributed by atoms with E-state index in [2.05, 4.69) is 9.97 Å². The largest absolute Gasteiger partial charge is 0.481 e. The van der Waals surface area contributed by atoms with E-state index in [1.807, 2.05) is 18.7 Å². The average molecular weight is 249 g/mol. The smallest absolute Gasteiger partial charge is 0.311 e. The van der Waals surface area contributed by atoms with Gasteiger partial charge in [0.25, 0.3) is 0 Å². The van der Waals surface area contributed by atoms with Crippen molar-refractivity contribution < 1.29 is 9.90 Å². The van der Waals surface area contributed by atoms with E-state index in [1.165, 1.54) is 0 Å². The molecule has 0 spiro atoms. The summed E-state index contributed by atoms with van der Waals surface area (Å²) in [5.41, 5.74) is 0.244. The van der Waals surface area contributed by atoms with Crippen molar-refractivity contribution >= 4 is 11.8 Å². The Morgan fingerprint density at radius 3 is 2.83 bits per heavy atom. The Morgan fingerprint density at radius 2 is 2.22 bits per heavy atom. The van der Waals surface area contributed by atoms with Crippen molar-refractivity contribution in [2.75, 3.05) is 18.0 Å². The second-order valence-corrected chi connectivity index (χ2v) is 4.97. The maximum Gasteiger partial charge on any atom is 0.311 e. The summed E-state index contributed by atoms with van der Waals surface area (Å²) in [6, 6.07) is 0. The molecule has 2 rings (SSSR count). The van der Waals surface area contributed by atoms with Gasteiger partial charge in [-0.2, -0.15) is 0 Å². The third kappa shape index (κ3) is 2.17. The molecule has 5 heteroatoms. The van der Waals surface area contributed by atoms with Crippen molar-refractivity contribution in [3.05, 3.63) is 18.1 Å². The Kier molecular flexibility index (Phi) is 3.50. The van der Waals surface area contributed by atoms with E-state index in [0.29, 0.717) is 13.0 Å². The van der Waals surface area contributed by atoms with Gasteiger partial charge in [0.05, 0.1) is 11.1 Å². The minimum Gasteiger partial charge on any atom is -0.481 e. The number of hydrogen-bond donors (Lipinski definition) is 1. The minimum absolute atomic E-state index is 0.537.